The minimum atomic E-state index is -0.162. The highest BCUT2D eigenvalue weighted by Gasteiger charge is 2.38. The fourth-order valence-electron chi connectivity index (χ4n) is 4.87. The topological polar surface area (TPSA) is 37.4 Å². The van der Waals surface area contributed by atoms with Gasteiger partial charge in [-0.1, -0.05) is 47.6 Å². The van der Waals surface area contributed by atoms with E-state index in [1.807, 2.05) is 0 Å². The molecule has 0 fully saturated rings. The summed E-state index contributed by atoms with van der Waals surface area (Å²) in [5.74, 6) is 1.44. The summed E-state index contributed by atoms with van der Waals surface area (Å²) in [5, 5.41) is 0. The molecule has 2 amide bonds. The first kappa shape index (κ1) is 20.8. The van der Waals surface area contributed by atoms with Crippen molar-refractivity contribution in [1.82, 2.24) is 4.90 Å². The summed E-state index contributed by atoms with van der Waals surface area (Å²) in [6.07, 6.45) is 7.87. The smallest absolute Gasteiger partial charge is 0.254 e. The van der Waals surface area contributed by atoms with Crippen molar-refractivity contribution in [1.29, 1.82) is 0 Å². The summed E-state index contributed by atoms with van der Waals surface area (Å²) in [6, 6.07) is 2.24. The van der Waals surface area contributed by atoms with Crippen LogP contribution in [0, 0.1) is 17.8 Å². The summed E-state index contributed by atoms with van der Waals surface area (Å²) in [5.41, 5.74) is 7.11. The number of amides is 2. The number of nitrogens with zero attached hydrogens (tertiary/aromatic N) is 1. The van der Waals surface area contributed by atoms with Crippen LogP contribution in [0.4, 0.5) is 0 Å². The molecule has 1 heterocycles. The van der Waals surface area contributed by atoms with Crippen molar-refractivity contribution >= 4 is 11.8 Å². The molecule has 0 aromatic heterocycles. The van der Waals surface area contributed by atoms with Gasteiger partial charge in [-0.3, -0.25) is 14.5 Å². The van der Waals surface area contributed by atoms with Gasteiger partial charge in [-0.2, -0.15) is 0 Å². The van der Waals surface area contributed by atoms with E-state index in [1.165, 1.54) is 44.9 Å². The van der Waals surface area contributed by atoms with Crippen molar-refractivity contribution in [2.24, 2.45) is 17.8 Å². The van der Waals surface area contributed by atoms with Crippen LogP contribution < -0.4 is 0 Å². The first-order valence-electron chi connectivity index (χ1n) is 10.9. The van der Waals surface area contributed by atoms with Crippen LogP contribution in [0.3, 0.4) is 0 Å². The lowest BCUT2D eigenvalue weighted by Gasteiger charge is -2.27. The molecule has 0 unspecified atom stereocenters. The number of hydrogen-bond acceptors (Lipinski definition) is 2. The monoisotopic (exact) mass is 381 g/mol. The van der Waals surface area contributed by atoms with Crippen LogP contribution in [0.5, 0.6) is 0 Å². The zero-order valence-electron chi connectivity index (χ0n) is 18.3. The van der Waals surface area contributed by atoms with Gasteiger partial charge in [-0.05, 0) is 77.7 Å². The average molecular weight is 382 g/mol. The lowest BCUT2D eigenvalue weighted by molar-refractivity contribution is -0.139. The Morgan fingerprint density at radius 2 is 1.39 bits per heavy atom. The van der Waals surface area contributed by atoms with Gasteiger partial charge >= 0.3 is 0 Å². The van der Waals surface area contributed by atoms with Crippen LogP contribution >= 0.6 is 0 Å². The van der Waals surface area contributed by atoms with Gasteiger partial charge in [0.1, 0.15) is 0 Å². The molecule has 3 rings (SSSR count). The third-order valence-corrected chi connectivity index (χ3v) is 5.83. The number of rotatable bonds is 7. The van der Waals surface area contributed by atoms with Gasteiger partial charge in [-0.25, -0.2) is 0 Å². The zero-order chi connectivity index (χ0) is 20.6. The van der Waals surface area contributed by atoms with E-state index < -0.39 is 0 Å². The highest BCUT2D eigenvalue weighted by Crippen LogP contribution is 2.42. The third-order valence-electron chi connectivity index (χ3n) is 5.83. The molecule has 1 aromatic carbocycles. The van der Waals surface area contributed by atoms with Crippen LogP contribution in [-0.4, -0.2) is 16.7 Å². The maximum Gasteiger partial charge on any atom is 0.254 e. The Balaban J connectivity index is 2.14. The Hall–Kier alpha value is -1.90. The zero-order valence-corrected chi connectivity index (χ0v) is 18.3. The van der Waals surface area contributed by atoms with E-state index in [-0.39, 0.29) is 17.9 Å². The number of fused-ring (bicyclic) bond motifs is 1. The van der Waals surface area contributed by atoms with Gasteiger partial charge in [0.2, 0.25) is 0 Å². The van der Waals surface area contributed by atoms with Gasteiger partial charge in [0.05, 0.1) is 6.04 Å². The number of carbonyl (C=O) groups is 2. The van der Waals surface area contributed by atoms with Crippen molar-refractivity contribution in [3.63, 3.8) is 0 Å². The van der Waals surface area contributed by atoms with E-state index in [2.05, 4.69) is 47.6 Å². The Morgan fingerprint density at radius 1 is 0.857 bits per heavy atom. The standard InChI is InChI=1S/C25H35NO2/c1-15(2)11-18-14-22-19(21(13-17(5)6)20(18)12-16(3)4)7-8-23(22)26-24(27)9-10-25(26)28/h9-10,14-17,23H,7-8,11-13H2,1-6H3/t23-/m0/s1. The molecular formula is C25H35NO2. The first-order chi connectivity index (χ1) is 13.2. The Morgan fingerprint density at radius 3 is 1.93 bits per heavy atom. The molecule has 3 heteroatoms. The predicted octanol–water partition coefficient (Wildman–Crippen LogP) is 5.19. The quantitative estimate of drug-likeness (QED) is 0.609. The first-order valence-corrected chi connectivity index (χ1v) is 10.9. The van der Waals surface area contributed by atoms with Crippen molar-refractivity contribution < 1.29 is 9.59 Å². The lowest BCUT2D eigenvalue weighted by atomic mass is 9.82. The minimum absolute atomic E-state index is 0.102. The molecule has 0 spiro atoms. The molecule has 0 radical (unpaired) electrons. The minimum Gasteiger partial charge on any atom is -0.269 e. The number of hydrogen-bond donors (Lipinski definition) is 0. The molecule has 1 atom stereocenters. The van der Waals surface area contributed by atoms with E-state index in [4.69, 9.17) is 0 Å². The number of carbonyl (C=O) groups excluding carboxylic acids is 2. The van der Waals surface area contributed by atoms with Gasteiger partial charge in [0.25, 0.3) is 11.8 Å². The molecule has 0 N–H and O–H groups in total. The van der Waals surface area contributed by atoms with E-state index in [1.54, 1.807) is 0 Å². The van der Waals surface area contributed by atoms with Crippen LogP contribution in [0.25, 0.3) is 0 Å². The molecule has 152 valence electrons. The normalized spacial score (nSPS) is 19.0. The molecular weight excluding hydrogens is 346 g/mol. The molecule has 1 aliphatic carbocycles. The summed E-state index contributed by atoms with van der Waals surface area (Å²) < 4.78 is 0. The summed E-state index contributed by atoms with van der Waals surface area (Å²) in [7, 11) is 0. The summed E-state index contributed by atoms with van der Waals surface area (Å²) in [4.78, 5) is 26.2. The van der Waals surface area contributed by atoms with Crippen molar-refractivity contribution in [2.75, 3.05) is 0 Å². The van der Waals surface area contributed by atoms with Gasteiger partial charge in [-0.15, -0.1) is 0 Å². The lowest BCUT2D eigenvalue weighted by Crippen LogP contribution is -2.33. The molecule has 2 aliphatic rings. The fraction of sp³-hybridized carbons (Fsp3) is 0.600. The van der Waals surface area contributed by atoms with Crippen molar-refractivity contribution in [3.8, 4) is 0 Å². The number of imide groups is 1. The predicted molar refractivity (Wildman–Crippen MR) is 114 cm³/mol. The van der Waals surface area contributed by atoms with Crippen LogP contribution in [0.15, 0.2) is 18.2 Å². The highest BCUT2D eigenvalue weighted by molar-refractivity contribution is 6.13. The van der Waals surface area contributed by atoms with Crippen molar-refractivity contribution in [3.05, 3.63) is 46.0 Å². The summed E-state index contributed by atoms with van der Waals surface area (Å²) in [6.45, 7) is 13.7. The second kappa shape index (κ2) is 8.23. The fourth-order valence-corrected chi connectivity index (χ4v) is 4.87. The number of benzene rings is 1. The molecule has 1 aliphatic heterocycles. The van der Waals surface area contributed by atoms with Gasteiger partial charge < -0.3 is 0 Å². The SMILES string of the molecule is CC(C)Cc1cc2c(c(CC(C)C)c1CC(C)C)CC[C@@H]2N1C(=O)C=CC1=O. The van der Waals surface area contributed by atoms with E-state index in [9.17, 15) is 9.59 Å². The molecule has 28 heavy (non-hydrogen) atoms. The van der Waals surface area contributed by atoms with E-state index >= 15 is 0 Å². The van der Waals surface area contributed by atoms with Crippen LogP contribution in [-0.2, 0) is 35.3 Å². The second-order valence-electron chi connectivity index (χ2n) is 9.79. The Bertz CT molecular complexity index is 783. The largest absolute Gasteiger partial charge is 0.269 e. The highest BCUT2D eigenvalue weighted by atomic mass is 16.2. The molecule has 1 aromatic rings. The Labute approximate surface area is 170 Å². The Kier molecular flexibility index (Phi) is 6.12. The maximum atomic E-state index is 12.3. The van der Waals surface area contributed by atoms with Crippen LogP contribution in [0.1, 0.15) is 81.8 Å². The van der Waals surface area contributed by atoms with Crippen molar-refractivity contribution in [2.45, 2.75) is 79.7 Å². The third kappa shape index (κ3) is 4.09. The van der Waals surface area contributed by atoms with Crippen LogP contribution in [0.2, 0.25) is 0 Å². The van der Waals surface area contributed by atoms with E-state index in [0.717, 1.165) is 32.1 Å². The average Bonchev–Trinajstić information content (AvgIpc) is 3.12. The van der Waals surface area contributed by atoms with E-state index in [0.29, 0.717) is 17.8 Å². The van der Waals surface area contributed by atoms with Gasteiger partial charge in [0.15, 0.2) is 0 Å². The molecule has 0 bridgehead atoms. The maximum absolute atomic E-state index is 12.3. The summed E-state index contributed by atoms with van der Waals surface area (Å²) >= 11 is 0. The molecule has 0 saturated carbocycles. The van der Waals surface area contributed by atoms with Gasteiger partial charge in [0, 0.05) is 12.2 Å². The second-order valence-corrected chi connectivity index (χ2v) is 9.79. The molecule has 0 saturated heterocycles. The molecule has 3 nitrogen and oxygen atoms in total.